The van der Waals surface area contributed by atoms with Gasteiger partial charge in [0.15, 0.2) is 5.65 Å². The van der Waals surface area contributed by atoms with Crippen molar-refractivity contribution in [2.45, 2.75) is 29.7 Å². The lowest BCUT2D eigenvalue weighted by Crippen LogP contribution is -2.13. The second kappa shape index (κ2) is 4.44. The summed E-state index contributed by atoms with van der Waals surface area (Å²) >= 11 is 7.58. The molecular formula is C10H11ClN4OS. The number of thioether (sulfide) groups is 1. The molecule has 3 heterocycles. The maximum Gasteiger partial charge on any atom is 0.225 e. The zero-order valence-corrected chi connectivity index (χ0v) is 10.8. The summed E-state index contributed by atoms with van der Waals surface area (Å²) in [7, 11) is 0. The minimum Gasteiger partial charge on any atom is -0.377 e. The van der Waals surface area contributed by atoms with E-state index in [1.807, 2.05) is 0 Å². The summed E-state index contributed by atoms with van der Waals surface area (Å²) in [6.45, 7) is 2.90. The number of hydrogen-bond acceptors (Lipinski definition) is 5. The zero-order valence-electron chi connectivity index (χ0n) is 9.18. The highest BCUT2D eigenvalue weighted by Gasteiger charge is 2.26. The topological polar surface area (TPSA) is 63.7 Å². The third-order valence-electron chi connectivity index (χ3n) is 2.82. The van der Waals surface area contributed by atoms with Crippen molar-refractivity contribution in [1.82, 2.24) is 20.2 Å². The summed E-state index contributed by atoms with van der Waals surface area (Å²) in [5, 5.41) is 9.22. The molecule has 7 heteroatoms. The second-order valence-corrected chi connectivity index (χ2v) is 5.52. The van der Waals surface area contributed by atoms with Gasteiger partial charge in [0.1, 0.15) is 5.03 Å². The van der Waals surface area contributed by atoms with E-state index in [1.165, 1.54) is 0 Å². The Hall–Kier alpha value is -0.850. The van der Waals surface area contributed by atoms with E-state index >= 15 is 0 Å². The lowest BCUT2D eigenvalue weighted by Gasteiger charge is -2.12. The molecule has 1 aliphatic rings. The molecule has 1 saturated heterocycles. The normalized spacial score (nSPS) is 24.6. The molecule has 0 aliphatic carbocycles. The number of aromatic amines is 1. The van der Waals surface area contributed by atoms with Crippen LogP contribution in [0.25, 0.3) is 11.0 Å². The fraction of sp³-hybridized carbons (Fsp3) is 0.500. The number of nitrogens with one attached hydrogen (secondary N) is 1. The van der Waals surface area contributed by atoms with Gasteiger partial charge in [-0.05, 0) is 24.9 Å². The van der Waals surface area contributed by atoms with Gasteiger partial charge < -0.3 is 4.74 Å². The van der Waals surface area contributed by atoms with Crippen LogP contribution < -0.4 is 0 Å². The molecule has 1 fully saturated rings. The number of nitrogens with zero attached hydrogens (tertiary/aromatic N) is 3. The Balaban J connectivity index is 1.96. The summed E-state index contributed by atoms with van der Waals surface area (Å²) in [5.41, 5.74) is 0.680. The van der Waals surface area contributed by atoms with Gasteiger partial charge in [0, 0.05) is 11.9 Å². The highest BCUT2D eigenvalue weighted by molar-refractivity contribution is 8.00. The standard InChI is InChI=1S/C10H11ClN4OS/c1-5-7(2-3-16-5)17-9-6-4-12-15-8(6)13-10(11)14-9/h4-5,7H,2-3H2,1H3,(H,12,13,14,15). The molecule has 2 aromatic rings. The quantitative estimate of drug-likeness (QED) is 0.670. The Morgan fingerprint density at radius 3 is 3.18 bits per heavy atom. The fourth-order valence-corrected chi connectivity index (χ4v) is 3.29. The Bertz CT molecular complexity index is 546. The number of ether oxygens (including phenoxy) is 1. The molecule has 0 spiro atoms. The van der Waals surface area contributed by atoms with Gasteiger partial charge in [0.05, 0.1) is 17.7 Å². The smallest absolute Gasteiger partial charge is 0.225 e. The maximum absolute atomic E-state index is 5.89. The van der Waals surface area contributed by atoms with E-state index in [1.54, 1.807) is 18.0 Å². The Labute approximate surface area is 107 Å². The molecule has 1 N–H and O–H groups in total. The summed E-state index contributed by atoms with van der Waals surface area (Å²) in [5.74, 6) is 0. The van der Waals surface area contributed by atoms with Crippen LogP contribution in [0.3, 0.4) is 0 Å². The monoisotopic (exact) mass is 270 g/mol. The van der Waals surface area contributed by atoms with Crippen LogP contribution >= 0.6 is 23.4 Å². The van der Waals surface area contributed by atoms with Crippen molar-refractivity contribution < 1.29 is 4.74 Å². The summed E-state index contributed by atoms with van der Waals surface area (Å²) in [6.07, 6.45) is 3.01. The van der Waals surface area contributed by atoms with Gasteiger partial charge in [-0.2, -0.15) is 10.1 Å². The molecule has 90 valence electrons. The van der Waals surface area contributed by atoms with Gasteiger partial charge in [0.25, 0.3) is 0 Å². The van der Waals surface area contributed by atoms with Crippen molar-refractivity contribution in [3.05, 3.63) is 11.5 Å². The Morgan fingerprint density at radius 1 is 1.53 bits per heavy atom. The van der Waals surface area contributed by atoms with Crippen LogP contribution in [0.5, 0.6) is 0 Å². The molecule has 2 unspecified atom stereocenters. The van der Waals surface area contributed by atoms with Crippen molar-refractivity contribution in [3.8, 4) is 0 Å². The average molecular weight is 271 g/mol. The average Bonchev–Trinajstić information content (AvgIpc) is 2.88. The van der Waals surface area contributed by atoms with Crippen LogP contribution in [0.15, 0.2) is 11.2 Å². The van der Waals surface area contributed by atoms with E-state index in [-0.39, 0.29) is 11.4 Å². The highest BCUT2D eigenvalue weighted by atomic mass is 35.5. The van der Waals surface area contributed by atoms with E-state index in [2.05, 4.69) is 27.1 Å². The lowest BCUT2D eigenvalue weighted by atomic mass is 10.3. The molecule has 2 atom stereocenters. The van der Waals surface area contributed by atoms with Gasteiger partial charge in [-0.3, -0.25) is 5.10 Å². The van der Waals surface area contributed by atoms with Crippen LogP contribution in [-0.2, 0) is 4.74 Å². The molecule has 2 aromatic heterocycles. The molecule has 17 heavy (non-hydrogen) atoms. The first kappa shape index (κ1) is 11.3. The molecular weight excluding hydrogens is 260 g/mol. The number of H-pyrrole nitrogens is 1. The minimum atomic E-state index is 0.246. The van der Waals surface area contributed by atoms with Gasteiger partial charge >= 0.3 is 0 Å². The number of hydrogen-bond donors (Lipinski definition) is 1. The third-order valence-corrected chi connectivity index (χ3v) is 4.44. The van der Waals surface area contributed by atoms with Gasteiger partial charge in [-0.1, -0.05) is 11.8 Å². The largest absolute Gasteiger partial charge is 0.377 e. The maximum atomic E-state index is 5.89. The molecule has 0 bridgehead atoms. The van der Waals surface area contributed by atoms with Crippen LogP contribution in [0.1, 0.15) is 13.3 Å². The second-order valence-electron chi connectivity index (χ2n) is 3.95. The van der Waals surface area contributed by atoms with E-state index in [9.17, 15) is 0 Å². The summed E-state index contributed by atoms with van der Waals surface area (Å²) in [6, 6.07) is 0. The SMILES string of the molecule is CC1OCCC1Sc1nc(Cl)nc2[nH]ncc12. The Morgan fingerprint density at radius 2 is 2.41 bits per heavy atom. The van der Waals surface area contributed by atoms with E-state index in [0.717, 1.165) is 23.4 Å². The van der Waals surface area contributed by atoms with Crippen LogP contribution in [0, 0.1) is 0 Å². The minimum absolute atomic E-state index is 0.246. The first-order valence-electron chi connectivity index (χ1n) is 5.39. The van der Waals surface area contributed by atoms with Gasteiger partial charge in [0.2, 0.25) is 5.28 Å². The van der Waals surface area contributed by atoms with Crippen LogP contribution in [-0.4, -0.2) is 38.1 Å². The predicted octanol–water partition coefficient (Wildman–Crippen LogP) is 2.28. The zero-order chi connectivity index (χ0) is 11.8. The summed E-state index contributed by atoms with van der Waals surface area (Å²) in [4.78, 5) is 8.35. The predicted molar refractivity (Wildman–Crippen MR) is 66.4 cm³/mol. The highest BCUT2D eigenvalue weighted by Crippen LogP contribution is 2.34. The number of fused-ring (bicyclic) bond motifs is 1. The van der Waals surface area contributed by atoms with Crippen molar-refractivity contribution in [2.24, 2.45) is 0 Å². The first-order chi connectivity index (χ1) is 8.24. The van der Waals surface area contributed by atoms with Crippen LogP contribution in [0.2, 0.25) is 5.28 Å². The first-order valence-corrected chi connectivity index (χ1v) is 6.64. The van der Waals surface area contributed by atoms with Crippen molar-refractivity contribution in [3.63, 3.8) is 0 Å². The third kappa shape index (κ3) is 2.12. The molecule has 5 nitrogen and oxygen atoms in total. The van der Waals surface area contributed by atoms with Crippen molar-refractivity contribution in [1.29, 1.82) is 0 Å². The molecule has 0 amide bonds. The Kier molecular flexibility index (Phi) is 2.94. The van der Waals surface area contributed by atoms with E-state index in [0.29, 0.717) is 10.9 Å². The molecule has 0 radical (unpaired) electrons. The van der Waals surface area contributed by atoms with Crippen molar-refractivity contribution >= 4 is 34.4 Å². The number of rotatable bonds is 2. The number of aromatic nitrogens is 4. The molecule has 3 rings (SSSR count). The van der Waals surface area contributed by atoms with E-state index < -0.39 is 0 Å². The van der Waals surface area contributed by atoms with Gasteiger partial charge in [-0.15, -0.1) is 0 Å². The summed E-state index contributed by atoms with van der Waals surface area (Å²) < 4.78 is 5.54. The van der Waals surface area contributed by atoms with Gasteiger partial charge in [-0.25, -0.2) is 4.98 Å². The van der Waals surface area contributed by atoms with E-state index in [4.69, 9.17) is 16.3 Å². The molecule has 0 aromatic carbocycles. The van der Waals surface area contributed by atoms with Crippen LogP contribution in [0.4, 0.5) is 0 Å². The molecule has 0 saturated carbocycles. The lowest BCUT2D eigenvalue weighted by molar-refractivity contribution is 0.127. The fourth-order valence-electron chi connectivity index (χ4n) is 1.88. The number of halogens is 1. The van der Waals surface area contributed by atoms with Crippen molar-refractivity contribution in [2.75, 3.05) is 6.61 Å². The molecule has 1 aliphatic heterocycles.